The van der Waals surface area contributed by atoms with E-state index in [-0.39, 0.29) is 18.1 Å². The lowest BCUT2D eigenvalue weighted by molar-refractivity contribution is -0.116. The molecule has 0 heterocycles. The molecule has 25 heavy (non-hydrogen) atoms. The minimum atomic E-state index is -3.59. The monoisotopic (exact) mass is 384 g/mol. The zero-order valence-electron chi connectivity index (χ0n) is 13.8. The predicted molar refractivity (Wildman–Crippen MR) is 96.5 cm³/mol. The van der Waals surface area contributed by atoms with Crippen LogP contribution in [-0.4, -0.2) is 31.4 Å². The van der Waals surface area contributed by atoms with Crippen molar-refractivity contribution < 1.29 is 17.6 Å². The third kappa shape index (κ3) is 5.81. The molecule has 0 aliphatic rings. The molecule has 0 aliphatic heterocycles. The molecule has 2 aromatic carbocycles. The number of nitrogens with zero attached hydrogens (tertiary/aromatic N) is 1. The first-order chi connectivity index (χ1) is 11.6. The van der Waals surface area contributed by atoms with E-state index in [4.69, 9.17) is 11.6 Å². The first kappa shape index (κ1) is 19.4. The van der Waals surface area contributed by atoms with Crippen molar-refractivity contribution in [2.24, 2.45) is 0 Å². The van der Waals surface area contributed by atoms with Crippen molar-refractivity contribution in [3.63, 3.8) is 0 Å². The molecule has 1 N–H and O–H groups in total. The van der Waals surface area contributed by atoms with Crippen molar-refractivity contribution in [3.8, 4) is 0 Å². The summed E-state index contributed by atoms with van der Waals surface area (Å²) in [7, 11) is -3.59. The predicted octanol–water partition coefficient (Wildman–Crippen LogP) is 3.19. The second kappa shape index (κ2) is 7.95. The van der Waals surface area contributed by atoms with Gasteiger partial charge in [-0.15, -0.1) is 0 Å². The summed E-state index contributed by atoms with van der Waals surface area (Å²) in [5.41, 5.74) is 2.07. The van der Waals surface area contributed by atoms with Crippen LogP contribution in [0.15, 0.2) is 42.5 Å². The molecule has 0 spiro atoms. The molecular weight excluding hydrogens is 367 g/mol. The summed E-state index contributed by atoms with van der Waals surface area (Å²) in [6.07, 6.45) is 1.05. The molecule has 0 fully saturated rings. The molecule has 0 saturated carbocycles. The minimum absolute atomic E-state index is 0.0815. The number of aryl methyl sites for hydroxylation is 1. The van der Waals surface area contributed by atoms with Crippen LogP contribution < -0.4 is 5.32 Å². The number of anilines is 1. The summed E-state index contributed by atoms with van der Waals surface area (Å²) >= 11 is 5.67. The van der Waals surface area contributed by atoms with Crippen LogP contribution in [0.5, 0.6) is 0 Å². The fourth-order valence-electron chi connectivity index (χ4n) is 2.24. The number of carbonyl (C=O) groups excluding carboxylic acids is 1. The molecule has 8 heteroatoms. The van der Waals surface area contributed by atoms with Crippen molar-refractivity contribution in [1.29, 1.82) is 0 Å². The van der Waals surface area contributed by atoms with Crippen LogP contribution in [0.4, 0.5) is 10.1 Å². The average molecular weight is 385 g/mol. The fourth-order valence-corrected chi connectivity index (χ4v) is 3.16. The topological polar surface area (TPSA) is 66.5 Å². The molecule has 2 aromatic rings. The van der Waals surface area contributed by atoms with E-state index in [2.05, 4.69) is 5.32 Å². The molecule has 0 aromatic heterocycles. The van der Waals surface area contributed by atoms with Crippen LogP contribution in [0, 0.1) is 12.7 Å². The van der Waals surface area contributed by atoms with Gasteiger partial charge in [0.2, 0.25) is 15.9 Å². The van der Waals surface area contributed by atoms with Gasteiger partial charge in [-0.05, 0) is 30.7 Å². The first-order valence-electron chi connectivity index (χ1n) is 7.41. The quantitative estimate of drug-likeness (QED) is 0.831. The van der Waals surface area contributed by atoms with E-state index in [0.29, 0.717) is 5.69 Å². The molecule has 0 atom stereocenters. The zero-order chi connectivity index (χ0) is 18.6. The molecule has 134 valence electrons. The van der Waals surface area contributed by atoms with E-state index >= 15 is 0 Å². The van der Waals surface area contributed by atoms with Gasteiger partial charge in [-0.3, -0.25) is 4.79 Å². The van der Waals surface area contributed by atoms with Crippen LogP contribution in [0.25, 0.3) is 0 Å². The Bertz CT molecular complexity index is 887. The molecule has 0 saturated heterocycles. The molecule has 2 rings (SSSR count). The second-order valence-electron chi connectivity index (χ2n) is 5.70. The number of benzene rings is 2. The summed E-state index contributed by atoms with van der Waals surface area (Å²) in [6, 6.07) is 11.1. The SMILES string of the molecule is Cc1cccc(CN(CC(=O)Nc2ccc(F)c(Cl)c2)S(C)(=O)=O)c1. The van der Waals surface area contributed by atoms with Crippen molar-refractivity contribution in [3.05, 3.63) is 64.4 Å². The van der Waals surface area contributed by atoms with E-state index < -0.39 is 21.7 Å². The number of hydrogen-bond acceptors (Lipinski definition) is 3. The van der Waals surface area contributed by atoms with Crippen molar-refractivity contribution in [1.82, 2.24) is 4.31 Å². The van der Waals surface area contributed by atoms with E-state index in [1.807, 2.05) is 25.1 Å². The Morgan fingerprint density at radius 3 is 2.56 bits per heavy atom. The van der Waals surface area contributed by atoms with Crippen LogP contribution >= 0.6 is 11.6 Å². The van der Waals surface area contributed by atoms with Gasteiger partial charge in [0.1, 0.15) is 5.82 Å². The van der Waals surface area contributed by atoms with Gasteiger partial charge in [0.25, 0.3) is 0 Å². The molecule has 0 radical (unpaired) electrons. The Balaban J connectivity index is 2.11. The third-order valence-corrected chi connectivity index (χ3v) is 4.92. The number of rotatable bonds is 6. The van der Waals surface area contributed by atoms with E-state index in [9.17, 15) is 17.6 Å². The van der Waals surface area contributed by atoms with Gasteiger partial charge in [-0.25, -0.2) is 12.8 Å². The van der Waals surface area contributed by atoms with Gasteiger partial charge in [0.15, 0.2) is 0 Å². The smallest absolute Gasteiger partial charge is 0.239 e. The molecule has 0 unspecified atom stereocenters. The largest absolute Gasteiger partial charge is 0.325 e. The van der Waals surface area contributed by atoms with Gasteiger partial charge >= 0.3 is 0 Å². The number of sulfonamides is 1. The van der Waals surface area contributed by atoms with Crippen LogP contribution in [-0.2, 0) is 21.4 Å². The molecule has 1 amide bonds. The van der Waals surface area contributed by atoms with E-state index in [1.54, 1.807) is 6.07 Å². The van der Waals surface area contributed by atoms with Crippen LogP contribution in [0.1, 0.15) is 11.1 Å². The second-order valence-corrected chi connectivity index (χ2v) is 8.09. The molecular formula is C17H18ClFN2O3S. The van der Waals surface area contributed by atoms with Gasteiger partial charge in [0.05, 0.1) is 17.8 Å². The minimum Gasteiger partial charge on any atom is -0.325 e. The van der Waals surface area contributed by atoms with E-state index in [0.717, 1.165) is 27.8 Å². The van der Waals surface area contributed by atoms with Crippen molar-refractivity contribution >= 4 is 33.2 Å². The number of hydrogen-bond donors (Lipinski definition) is 1. The van der Waals surface area contributed by atoms with Crippen molar-refractivity contribution in [2.75, 3.05) is 18.1 Å². The normalized spacial score (nSPS) is 11.6. The summed E-state index contributed by atoms with van der Waals surface area (Å²) in [5.74, 6) is -1.14. The lowest BCUT2D eigenvalue weighted by Gasteiger charge is -2.20. The number of amides is 1. The van der Waals surface area contributed by atoms with Crippen LogP contribution in [0.3, 0.4) is 0 Å². The van der Waals surface area contributed by atoms with Gasteiger partial charge in [-0.1, -0.05) is 41.4 Å². The lowest BCUT2D eigenvalue weighted by atomic mass is 10.1. The van der Waals surface area contributed by atoms with Crippen LogP contribution in [0.2, 0.25) is 5.02 Å². The average Bonchev–Trinajstić information content (AvgIpc) is 2.49. The molecule has 0 aliphatic carbocycles. The Hall–Kier alpha value is -1.96. The number of halogens is 2. The van der Waals surface area contributed by atoms with E-state index in [1.165, 1.54) is 12.1 Å². The van der Waals surface area contributed by atoms with Gasteiger partial charge in [0, 0.05) is 12.2 Å². The molecule has 0 bridgehead atoms. The van der Waals surface area contributed by atoms with Gasteiger partial charge < -0.3 is 5.32 Å². The number of carbonyl (C=O) groups is 1. The first-order valence-corrected chi connectivity index (χ1v) is 9.63. The lowest BCUT2D eigenvalue weighted by Crippen LogP contribution is -2.36. The maximum absolute atomic E-state index is 13.1. The Labute approximate surface area is 151 Å². The summed E-state index contributed by atoms with van der Waals surface area (Å²) in [5, 5.41) is 2.39. The highest BCUT2D eigenvalue weighted by atomic mass is 35.5. The highest BCUT2D eigenvalue weighted by Crippen LogP contribution is 2.19. The fraction of sp³-hybridized carbons (Fsp3) is 0.235. The third-order valence-electron chi connectivity index (χ3n) is 3.43. The zero-order valence-corrected chi connectivity index (χ0v) is 15.4. The summed E-state index contributed by atoms with van der Waals surface area (Å²) < 4.78 is 38.2. The van der Waals surface area contributed by atoms with Crippen molar-refractivity contribution in [2.45, 2.75) is 13.5 Å². The summed E-state index contributed by atoms with van der Waals surface area (Å²) in [6.45, 7) is 1.62. The Morgan fingerprint density at radius 1 is 1.24 bits per heavy atom. The van der Waals surface area contributed by atoms with Gasteiger partial charge in [-0.2, -0.15) is 4.31 Å². The standard InChI is InChI=1S/C17H18ClFN2O3S/c1-12-4-3-5-13(8-12)10-21(25(2,23)24)11-17(22)20-14-6-7-16(19)15(18)9-14/h3-9H,10-11H2,1-2H3,(H,20,22). The molecule has 5 nitrogen and oxygen atoms in total. The highest BCUT2D eigenvalue weighted by Gasteiger charge is 2.21. The summed E-state index contributed by atoms with van der Waals surface area (Å²) in [4.78, 5) is 12.2. The highest BCUT2D eigenvalue weighted by molar-refractivity contribution is 7.88. The Kier molecular flexibility index (Phi) is 6.16. The maximum atomic E-state index is 13.1. The number of nitrogens with one attached hydrogen (secondary N) is 1. The maximum Gasteiger partial charge on any atom is 0.239 e. The Morgan fingerprint density at radius 2 is 1.96 bits per heavy atom.